The number of fused-ring (bicyclic) bond motifs is 5. The zero-order valence-corrected chi connectivity index (χ0v) is 37.7. The maximum Gasteiger partial charge on any atom is 0.252 e. The SMILES string of the molecule is CC(C)(C)c1ccc2c(c1)N(c1ccc3c4c(cccc14)CC3)c1cc(C3CCCc4ccccc43)cc3c1B2c1ccc(C(C)(C)C)cc1N3c1ccc2c3c(cccc13)CC2. The van der Waals surface area contributed by atoms with Crippen LogP contribution in [0.2, 0.25) is 0 Å². The highest BCUT2D eigenvalue weighted by Crippen LogP contribution is 2.52. The highest BCUT2D eigenvalue weighted by Gasteiger charge is 2.45. The summed E-state index contributed by atoms with van der Waals surface area (Å²) in [6, 6.07) is 53.5. The summed E-state index contributed by atoms with van der Waals surface area (Å²) in [4.78, 5) is 5.44. The van der Waals surface area contributed by atoms with E-state index >= 15 is 0 Å². The summed E-state index contributed by atoms with van der Waals surface area (Å²) in [6.45, 7) is 14.3. The van der Waals surface area contributed by atoms with E-state index in [2.05, 4.69) is 185 Å². The molecule has 0 radical (unpaired) electrons. The predicted molar refractivity (Wildman–Crippen MR) is 269 cm³/mol. The van der Waals surface area contributed by atoms with Gasteiger partial charge in [-0.3, -0.25) is 0 Å². The van der Waals surface area contributed by atoms with E-state index in [-0.39, 0.29) is 17.5 Å². The number of rotatable bonds is 3. The third kappa shape index (κ3) is 5.44. The Morgan fingerprint density at radius 1 is 0.444 bits per heavy atom. The average molecular weight is 815 g/mol. The predicted octanol–water partition coefficient (Wildman–Crippen LogP) is 13.3. The van der Waals surface area contributed by atoms with Gasteiger partial charge in [0.25, 0.3) is 6.71 Å². The molecule has 8 aromatic carbocycles. The molecule has 3 heteroatoms. The van der Waals surface area contributed by atoms with E-state index in [0.29, 0.717) is 5.92 Å². The van der Waals surface area contributed by atoms with Crippen LogP contribution in [0.3, 0.4) is 0 Å². The monoisotopic (exact) mass is 814 g/mol. The molecule has 1 unspecified atom stereocenters. The van der Waals surface area contributed by atoms with Gasteiger partial charge in [-0.15, -0.1) is 0 Å². The minimum atomic E-state index is -0.0134. The van der Waals surface area contributed by atoms with Crippen molar-refractivity contribution in [1.29, 1.82) is 0 Å². The third-order valence-electron chi connectivity index (χ3n) is 15.8. The molecule has 308 valence electrons. The minimum Gasteiger partial charge on any atom is -0.311 e. The second kappa shape index (κ2) is 13.2. The Morgan fingerprint density at radius 2 is 0.937 bits per heavy atom. The van der Waals surface area contributed by atoms with Crippen LogP contribution in [-0.2, 0) is 42.9 Å². The fourth-order valence-corrected chi connectivity index (χ4v) is 12.6. The molecular weight excluding hydrogens is 759 g/mol. The van der Waals surface area contributed by atoms with Crippen molar-refractivity contribution in [2.75, 3.05) is 9.80 Å². The van der Waals surface area contributed by atoms with Gasteiger partial charge in [-0.05, 0) is 169 Å². The fraction of sp³-hybridized carbons (Fsp3) is 0.267. The lowest BCUT2D eigenvalue weighted by Gasteiger charge is -2.46. The highest BCUT2D eigenvalue weighted by molar-refractivity contribution is 7.00. The Morgan fingerprint density at radius 3 is 1.46 bits per heavy atom. The van der Waals surface area contributed by atoms with Gasteiger partial charge >= 0.3 is 0 Å². The molecule has 3 aliphatic carbocycles. The van der Waals surface area contributed by atoms with Crippen LogP contribution in [0.25, 0.3) is 21.5 Å². The van der Waals surface area contributed by atoms with Gasteiger partial charge in [-0.25, -0.2) is 0 Å². The molecule has 13 rings (SSSR count). The lowest BCUT2D eigenvalue weighted by atomic mass is 9.33. The van der Waals surface area contributed by atoms with Crippen molar-refractivity contribution in [3.63, 3.8) is 0 Å². The summed E-state index contributed by atoms with van der Waals surface area (Å²) >= 11 is 0. The molecule has 63 heavy (non-hydrogen) atoms. The van der Waals surface area contributed by atoms with Crippen LogP contribution in [-0.4, -0.2) is 6.71 Å². The molecule has 0 aromatic heterocycles. The van der Waals surface area contributed by atoms with Gasteiger partial charge in [0, 0.05) is 39.4 Å². The molecule has 0 fully saturated rings. The van der Waals surface area contributed by atoms with Gasteiger partial charge in [0.05, 0.1) is 11.4 Å². The molecule has 0 saturated heterocycles. The Labute approximate surface area is 373 Å². The molecule has 8 aromatic rings. The number of aryl methyl sites for hydroxylation is 5. The van der Waals surface area contributed by atoms with Crippen molar-refractivity contribution in [3.8, 4) is 0 Å². The number of nitrogens with zero attached hydrogens (tertiary/aromatic N) is 2. The molecule has 0 saturated carbocycles. The molecule has 0 N–H and O–H groups in total. The molecule has 0 spiro atoms. The van der Waals surface area contributed by atoms with Gasteiger partial charge in [-0.1, -0.05) is 139 Å². The van der Waals surface area contributed by atoms with E-state index in [1.54, 1.807) is 0 Å². The molecule has 5 aliphatic rings. The summed E-state index contributed by atoms with van der Waals surface area (Å²) in [7, 11) is 0. The van der Waals surface area contributed by atoms with Crippen molar-refractivity contribution in [3.05, 3.63) is 184 Å². The second-order valence-electron chi connectivity index (χ2n) is 21.4. The van der Waals surface area contributed by atoms with Crippen molar-refractivity contribution in [1.82, 2.24) is 0 Å². The topological polar surface area (TPSA) is 6.48 Å². The number of benzene rings is 8. The van der Waals surface area contributed by atoms with E-state index in [1.807, 2.05) is 0 Å². The van der Waals surface area contributed by atoms with Crippen molar-refractivity contribution < 1.29 is 0 Å². The van der Waals surface area contributed by atoms with Crippen LogP contribution >= 0.6 is 0 Å². The maximum atomic E-state index is 2.72. The average Bonchev–Trinajstić information content (AvgIpc) is 3.92. The summed E-state index contributed by atoms with van der Waals surface area (Å²) in [5.41, 5.74) is 25.1. The first-order chi connectivity index (χ1) is 30.5. The van der Waals surface area contributed by atoms with Gasteiger partial charge in [0.2, 0.25) is 0 Å². The molecule has 2 heterocycles. The van der Waals surface area contributed by atoms with Crippen molar-refractivity contribution in [2.45, 2.75) is 103 Å². The van der Waals surface area contributed by atoms with Crippen LogP contribution < -0.4 is 26.2 Å². The quantitative estimate of drug-likeness (QED) is 0.164. The van der Waals surface area contributed by atoms with Gasteiger partial charge < -0.3 is 9.80 Å². The fourth-order valence-electron chi connectivity index (χ4n) is 12.6. The molecule has 0 bridgehead atoms. The first-order valence-electron chi connectivity index (χ1n) is 23.7. The third-order valence-corrected chi connectivity index (χ3v) is 15.8. The number of hydrogen-bond donors (Lipinski definition) is 0. The molecule has 1 atom stereocenters. The summed E-state index contributed by atoms with van der Waals surface area (Å²) in [6.07, 6.45) is 7.96. The smallest absolute Gasteiger partial charge is 0.252 e. The Hall–Kier alpha value is -6.06. The first kappa shape index (κ1) is 37.5. The van der Waals surface area contributed by atoms with Crippen LogP contribution in [0.5, 0.6) is 0 Å². The van der Waals surface area contributed by atoms with E-state index in [9.17, 15) is 0 Å². The zero-order valence-electron chi connectivity index (χ0n) is 37.7. The van der Waals surface area contributed by atoms with Crippen LogP contribution in [0.15, 0.2) is 133 Å². The van der Waals surface area contributed by atoms with Gasteiger partial charge in [0.1, 0.15) is 0 Å². The van der Waals surface area contributed by atoms with Crippen molar-refractivity contribution >= 4 is 78.8 Å². The minimum absolute atomic E-state index is 0.0134. The first-order valence-corrected chi connectivity index (χ1v) is 23.7. The van der Waals surface area contributed by atoms with E-state index in [4.69, 9.17) is 0 Å². The van der Waals surface area contributed by atoms with Gasteiger partial charge in [0.15, 0.2) is 0 Å². The van der Waals surface area contributed by atoms with Crippen LogP contribution in [0, 0.1) is 0 Å². The maximum absolute atomic E-state index is 2.72. The summed E-state index contributed by atoms with van der Waals surface area (Å²) in [5, 5.41) is 5.66. The number of anilines is 6. The van der Waals surface area contributed by atoms with E-state index in [1.165, 1.54) is 129 Å². The molecular formula is C60H55BN2. The van der Waals surface area contributed by atoms with E-state index < -0.39 is 0 Å². The summed E-state index contributed by atoms with van der Waals surface area (Å²) < 4.78 is 0. The zero-order chi connectivity index (χ0) is 42.5. The normalized spacial score (nSPS) is 17.0. The summed E-state index contributed by atoms with van der Waals surface area (Å²) in [5.74, 6) is 0.309. The molecule has 0 amide bonds. The van der Waals surface area contributed by atoms with Crippen LogP contribution in [0.4, 0.5) is 34.1 Å². The largest absolute Gasteiger partial charge is 0.311 e. The Balaban J connectivity index is 1.19. The molecule has 2 aliphatic heterocycles. The standard InChI is InChI=1S/C60H55BN2/c1-59(2,3)42-26-28-48-52(34-42)62(50-30-24-39-22-20-37-14-10-18-46(50)56(37)39)54-32-41(45-17-9-13-36-12-7-8-16-44(36)45)33-55-58(54)61(48)49-29-27-43(60(4,5)6)35-53(49)63(55)51-31-25-40-23-21-38-15-11-19-47(51)57(38)40/h7-8,10-12,14-16,18-19,24-35,45H,9,13,17,20-23H2,1-6H3. The second-order valence-corrected chi connectivity index (χ2v) is 21.4. The Kier molecular flexibility index (Phi) is 7.88. The van der Waals surface area contributed by atoms with Crippen molar-refractivity contribution in [2.24, 2.45) is 0 Å². The Bertz CT molecular complexity index is 3060. The number of hydrogen-bond acceptors (Lipinski definition) is 2. The van der Waals surface area contributed by atoms with Crippen LogP contribution in [0.1, 0.15) is 110 Å². The molecule has 2 nitrogen and oxygen atoms in total. The lowest BCUT2D eigenvalue weighted by Crippen LogP contribution is -2.61. The highest BCUT2D eigenvalue weighted by atomic mass is 15.2. The lowest BCUT2D eigenvalue weighted by molar-refractivity contribution is 0.590. The van der Waals surface area contributed by atoms with E-state index in [0.717, 1.165) is 38.5 Å². The van der Waals surface area contributed by atoms with Gasteiger partial charge in [-0.2, -0.15) is 0 Å².